The van der Waals surface area contributed by atoms with Crippen LogP contribution in [-0.4, -0.2) is 33.5 Å². The van der Waals surface area contributed by atoms with Crippen molar-refractivity contribution in [3.63, 3.8) is 0 Å². The quantitative estimate of drug-likeness (QED) is 0.785. The Bertz CT molecular complexity index is 591. The summed E-state index contributed by atoms with van der Waals surface area (Å²) in [5, 5.41) is 9.82. The lowest BCUT2D eigenvalue weighted by Crippen LogP contribution is -2.28. The Morgan fingerprint density at radius 3 is 2.95 bits per heavy atom. The van der Waals surface area contributed by atoms with Crippen LogP contribution in [-0.2, 0) is 13.8 Å². The monoisotopic (exact) mass is 343 g/mol. The van der Waals surface area contributed by atoms with E-state index in [0.717, 1.165) is 0 Å². The first-order valence-corrected chi connectivity index (χ1v) is 9.02. The third kappa shape index (κ3) is 3.94. The minimum atomic E-state index is -3.70. The van der Waals surface area contributed by atoms with E-state index in [1.54, 1.807) is 0 Å². The van der Waals surface area contributed by atoms with Crippen molar-refractivity contribution in [2.75, 3.05) is 12.3 Å². The van der Waals surface area contributed by atoms with Crippen LogP contribution in [0.3, 0.4) is 0 Å². The minimum absolute atomic E-state index is 0.0925. The average Bonchev–Trinajstić information content (AvgIpc) is 2.67. The lowest BCUT2D eigenvalue weighted by Gasteiger charge is -2.16. The van der Waals surface area contributed by atoms with Crippen LogP contribution in [0.15, 0.2) is 17.1 Å². The van der Waals surface area contributed by atoms with Gasteiger partial charge in [-0.3, -0.25) is 9.13 Å². The van der Waals surface area contributed by atoms with Crippen molar-refractivity contribution < 1.29 is 18.9 Å². The first-order chi connectivity index (χ1) is 9.26. The Labute approximate surface area is 123 Å². The zero-order valence-electron chi connectivity index (χ0n) is 10.1. The van der Waals surface area contributed by atoms with Crippen LogP contribution in [0.25, 0.3) is 0 Å². The Kier molecular flexibility index (Phi) is 4.73. The Morgan fingerprint density at radius 2 is 2.35 bits per heavy atom. The molecule has 3 atom stereocenters. The highest BCUT2D eigenvalue weighted by Gasteiger charge is 2.36. The van der Waals surface area contributed by atoms with E-state index in [-0.39, 0.29) is 18.8 Å². The van der Waals surface area contributed by atoms with E-state index in [1.807, 2.05) is 0 Å². The van der Waals surface area contributed by atoms with E-state index < -0.39 is 30.2 Å². The molecule has 0 spiro atoms. The van der Waals surface area contributed by atoms with Gasteiger partial charge < -0.3 is 20.1 Å². The van der Waals surface area contributed by atoms with Crippen LogP contribution in [0.5, 0.6) is 0 Å². The summed E-state index contributed by atoms with van der Waals surface area (Å²) < 4.78 is 22.3. The first kappa shape index (κ1) is 15.8. The molecule has 0 aliphatic carbocycles. The highest BCUT2D eigenvalue weighted by atomic mass is 35.9. The molecule has 3 N–H and O–H groups in total. The molecule has 3 unspecified atom stereocenters. The van der Waals surface area contributed by atoms with Gasteiger partial charge in [0.05, 0.1) is 12.7 Å². The third-order valence-electron chi connectivity index (χ3n) is 2.76. The molecule has 2 heterocycles. The van der Waals surface area contributed by atoms with Gasteiger partial charge in [0.1, 0.15) is 18.1 Å². The van der Waals surface area contributed by atoms with Gasteiger partial charge in [-0.1, -0.05) is 0 Å². The molecule has 0 amide bonds. The molecule has 1 aromatic rings. The first-order valence-electron chi connectivity index (χ1n) is 5.58. The standard InChI is InChI=1S/C9H12Cl2N3O5P/c10-20(11,17)18-4-6-5(15)3-8(19-6)14-2-1-7(12)13-9(14)16/h1-2,5-6,8,15H,3-4H2,(H2,12,13,16). The second-order valence-corrected chi connectivity index (χ2v) is 8.46. The molecule has 11 heteroatoms. The molecular weight excluding hydrogens is 332 g/mol. The predicted molar refractivity (Wildman–Crippen MR) is 72.7 cm³/mol. The highest BCUT2D eigenvalue weighted by Crippen LogP contribution is 2.57. The maximum Gasteiger partial charge on any atom is 0.380 e. The van der Waals surface area contributed by atoms with Crippen LogP contribution in [0.1, 0.15) is 12.6 Å². The normalized spacial score (nSPS) is 26.9. The average molecular weight is 344 g/mol. The minimum Gasteiger partial charge on any atom is -0.390 e. The maximum absolute atomic E-state index is 11.6. The van der Waals surface area contributed by atoms with Crippen LogP contribution < -0.4 is 11.4 Å². The largest absolute Gasteiger partial charge is 0.390 e. The molecule has 0 bridgehead atoms. The number of ether oxygens (including phenoxy) is 1. The fourth-order valence-electron chi connectivity index (χ4n) is 1.84. The Morgan fingerprint density at radius 1 is 1.65 bits per heavy atom. The molecule has 1 saturated heterocycles. The van der Waals surface area contributed by atoms with Gasteiger partial charge in [0.25, 0.3) is 0 Å². The van der Waals surface area contributed by atoms with Gasteiger partial charge in [-0.2, -0.15) is 4.98 Å². The molecule has 112 valence electrons. The van der Waals surface area contributed by atoms with Gasteiger partial charge >= 0.3 is 11.8 Å². The van der Waals surface area contributed by atoms with Crippen molar-refractivity contribution in [2.24, 2.45) is 0 Å². The molecule has 1 aliphatic rings. The highest BCUT2D eigenvalue weighted by molar-refractivity contribution is 8.05. The summed E-state index contributed by atoms with van der Waals surface area (Å²) in [6.45, 7) is -0.251. The van der Waals surface area contributed by atoms with Crippen molar-refractivity contribution in [3.05, 3.63) is 22.7 Å². The number of nitrogen functional groups attached to an aromatic ring is 1. The lowest BCUT2D eigenvalue weighted by molar-refractivity contribution is -0.0395. The molecule has 0 saturated carbocycles. The van der Waals surface area contributed by atoms with E-state index in [1.165, 1.54) is 16.8 Å². The van der Waals surface area contributed by atoms with Crippen molar-refractivity contribution in [3.8, 4) is 0 Å². The maximum atomic E-state index is 11.6. The summed E-state index contributed by atoms with van der Waals surface area (Å²) in [6, 6.07) is 1.44. The summed E-state index contributed by atoms with van der Waals surface area (Å²) in [5.74, 6) is 0.0925. The number of nitrogens with zero attached hydrogens (tertiary/aromatic N) is 2. The Hall–Kier alpha value is -0.630. The summed E-state index contributed by atoms with van der Waals surface area (Å²) in [5.41, 5.74) is 4.79. The van der Waals surface area contributed by atoms with Gasteiger partial charge in [-0.05, 0) is 28.5 Å². The van der Waals surface area contributed by atoms with Crippen LogP contribution in [0.2, 0.25) is 0 Å². The summed E-state index contributed by atoms with van der Waals surface area (Å²) in [7, 11) is 0. The number of aliphatic hydroxyl groups is 1. The summed E-state index contributed by atoms with van der Waals surface area (Å²) in [4.78, 5) is 15.2. The zero-order valence-corrected chi connectivity index (χ0v) is 12.5. The number of hydrogen-bond donors (Lipinski definition) is 2. The molecule has 20 heavy (non-hydrogen) atoms. The van der Waals surface area contributed by atoms with E-state index in [4.69, 9.17) is 37.5 Å². The molecular formula is C9H12Cl2N3O5P. The smallest absolute Gasteiger partial charge is 0.380 e. The van der Waals surface area contributed by atoms with Gasteiger partial charge in [0, 0.05) is 12.6 Å². The number of hydrogen-bond acceptors (Lipinski definition) is 7. The van der Waals surface area contributed by atoms with E-state index in [2.05, 4.69) is 4.98 Å². The lowest BCUT2D eigenvalue weighted by atomic mass is 10.2. The van der Waals surface area contributed by atoms with Crippen molar-refractivity contribution in [1.29, 1.82) is 0 Å². The molecule has 0 radical (unpaired) electrons. The number of anilines is 1. The van der Waals surface area contributed by atoms with E-state index in [0.29, 0.717) is 0 Å². The van der Waals surface area contributed by atoms with E-state index in [9.17, 15) is 14.5 Å². The van der Waals surface area contributed by atoms with Gasteiger partial charge in [0.15, 0.2) is 0 Å². The zero-order chi connectivity index (χ0) is 14.9. The van der Waals surface area contributed by atoms with Gasteiger partial charge in [0.2, 0.25) is 0 Å². The molecule has 1 aromatic heterocycles. The fraction of sp³-hybridized carbons (Fsp3) is 0.556. The predicted octanol–water partition coefficient (Wildman–Crippen LogP) is 1.08. The number of halogens is 2. The summed E-state index contributed by atoms with van der Waals surface area (Å²) in [6.07, 6.45) is -4.56. The molecule has 0 aromatic carbocycles. The van der Waals surface area contributed by atoms with Crippen LogP contribution in [0.4, 0.5) is 5.82 Å². The number of aliphatic hydroxyl groups excluding tert-OH is 1. The summed E-state index contributed by atoms with van der Waals surface area (Å²) >= 11 is 10.5. The second kappa shape index (κ2) is 6.01. The number of nitrogens with two attached hydrogens (primary N) is 1. The van der Waals surface area contributed by atoms with Gasteiger partial charge in [-0.25, -0.2) is 4.79 Å². The van der Waals surface area contributed by atoms with Gasteiger partial charge in [-0.15, -0.1) is 0 Å². The second-order valence-electron chi connectivity index (χ2n) is 4.18. The van der Waals surface area contributed by atoms with Crippen molar-refractivity contribution >= 4 is 34.4 Å². The van der Waals surface area contributed by atoms with Crippen molar-refractivity contribution in [2.45, 2.75) is 24.9 Å². The molecule has 2 rings (SSSR count). The molecule has 1 aliphatic heterocycles. The topological polar surface area (TPSA) is 117 Å². The van der Waals surface area contributed by atoms with Crippen LogP contribution >= 0.6 is 28.6 Å². The SMILES string of the molecule is Nc1ccn(C2CC(O)C(COP(=O)(Cl)Cl)O2)c(=O)n1. The third-order valence-corrected chi connectivity index (χ3v) is 3.79. The number of rotatable bonds is 4. The molecule has 8 nitrogen and oxygen atoms in total. The molecule has 1 fully saturated rings. The number of aromatic nitrogens is 2. The Balaban J connectivity index is 2.06. The van der Waals surface area contributed by atoms with E-state index >= 15 is 0 Å². The van der Waals surface area contributed by atoms with Crippen LogP contribution in [0, 0.1) is 0 Å². The fourth-order valence-corrected chi connectivity index (χ4v) is 2.50. The van der Waals surface area contributed by atoms with Crippen molar-refractivity contribution in [1.82, 2.24) is 9.55 Å².